The van der Waals surface area contributed by atoms with Crippen LogP contribution in [0.15, 0.2) is 0 Å². The number of carbonyl (C=O) groups excluding carboxylic acids is 2. The molecule has 0 N–H and O–H groups in total. The van der Waals surface area contributed by atoms with Crippen LogP contribution in [0.3, 0.4) is 0 Å². The Morgan fingerprint density at radius 1 is 1.00 bits per heavy atom. The van der Waals surface area contributed by atoms with Gasteiger partial charge in [0.05, 0.1) is 12.6 Å². The highest BCUT2D eigenvalue weighted by molar-refractivity contribution is 5.98. The standard InChI is InChI=1S/C16H28N2O2/c1-15(2,3)17-9-7-8-11-12(19)10-18(16(4,5)6)14(20)13(11)17/h11,13H,7-10H2,1-6H3. The van der Waals surface area contributed by atoms with Crippen molar-refractivity contribution in [3.63, 3.8) is 0 Å². The first-order valence-electron chi connectivity index (χ1n) is 7.64. The lowest BCUT2D eigenvalue weighted by Crippen LogP contribution is -2.68. The highest BCUT2D eigenvalue weighted by Gasteiger charge is 2.51. The number of hydrogen-bond donors (Lipinski definition) is 0. The van der Waals surface area contributed by atoms with Gasteiger partial charge in [-0.3, -0.25) is 14.5 Å². The third kappa shape index (κ3) is 2.62. The normalized spacial score (nSPS) is 29.6. The van der Waals surface area contributed by atoms with Crippen molar-refractivity contribution >= 4 is 11.7 Å². The molecule has 2 atom stereocenters. The molecule has 2 aliphatic rings. The zero-order chi connectivity index (χ0) is 15.3. The molecule has 2 aliphatic heterocycles. The lowest BCUT2D eigenvalue weighted by molar-refractivity contribution is -0.162. The van der Waals surface area contributed by atoms with Crippen molar-refractivity contribution in [2.75, 3.05) is 13.1 Å². The molecule has 2 unspecified atom stereocenters. The van der Waals surface area contributed by atoms with Gasteiger partial charge in [-0.2, -0.15) is 0 Å². The van der Waals surface area contributed by atoms with Crippen LogP contribution in [0.1, 0.15) is 54.4 Å². The number of fused-ring (bicyclic) bond motifs is 1. The second-order valence-corrected chi connectivity index (χ2v) is 8.12. The molecular formula is C16H28N2O2. The van der Waals surface area contributed by atoms with Gasteiger partial charge in [0.2, 0.25) is 5.91 Å². The number of hydrogen-bond acceptors (Lipinski definition) is 3. The van der Waals surface area contributed by atoms with Crippen molar-refractivity contribution in [2.45, 2.75) is 71.5 Å². The van der Waals surface area contributed by atoms with E-state index in [1.165, 1.54) is 0 Å². The average molecular weight is 280 g/mol. The quantitative estimate of drug-likeness (QED) is 0.682. The maximum atomic E-state index is 12.9. The molecule has 4 heteroatoms. The Labute approximate surface area is 122 Å². The third-order valence-electron chi connectivity index (χ3n) is 4.55. The van der Waals surface area contributed by atoms with Crippen molar-refractivity contribution in [3.8, 4) is 0 Å². The van der Waals surface area contributed by atoms with E-state index in [1.54, 1.807) is 4.90 Å². The molecule has 0 saturated carbocycles. The molecule has 2 rings (SSSR count). The van der Waals surface area contributed by atoms with Crippen molar-refractivity contribution in [2.24, 2.45) is 5.92 Å². The summed E-state index contributed by atoms with van der Waals surface area (Å²) >= 11 is 0. The van der Waals surface area contributed by atoms with Crippen molar-refractivity contribution < 1.29 is 9.59 Å². The minimum atomic E-state index is -0.293. The van der Waals surface area contributed by atoms with Gasteiger partial charge in [0.15, 0.2) is 5.78 Å². The summed E-state index contributed by atoms with van der Waals surface area (Å²) in [5, 5.41) is 0. The van der Waals surface area contributed by atoms with Crippen LogP contribution in [-0.4, -0.2) is 51.7 Å². The summed E-state index contributed by atoms with van der Waals surface area (Å²) in [5.74, 6) is 0.268. The molecule has 114 valence electrons. The topological polar surface area (TPSA) is 40.6 Å². The number of carbonyl (C=O) groups is 2. The van der Waals surface area contributed by atoms with Gasteiger partial charge in [0.25, 0.3) is 0 Å². The molecule has 0 radical (unpaired) electrons. The number of rotatable bonds is 0. The molecule has 0 aliphatic carbocycles. The van der Waals surface area contributed by atoms with Gasteiger partial charge in [-0.25, -0.2) is 0 Å². The van der Waals surface area contributed by atoms with E-state index in [-0.39, 0.29) is 41.3 Å². The second kappa shape index (κ2) is 4.83. The number of nitrogens with zero attached hydrogens (tertiary/aromatic N) is 2. The van der Waals surface area contributed by atoms with E-state index >= 15 is 0 Å². The third-order valence-corrected chi connectivity index (χ3v) is 4.55. The van der Waals surface area contributed by atoms with Gasteiger partial charge in [-0.15, -0.1) is 0 Å². The molecule has 2 fully saturated rings. The van der Waals surface area contributed by atoms with E-state index in [0.717, 1.165) is 19.4 Å². The zero-order valence-electron chi connectivity index (χ0n) is 13.7. The molecule has 0 bridgehead atoms. The minimum Gasteiger partial charge on any atom is -0.329 e. The fourth-order valence-electron chi connectivity index (χ4n) is 3.47. The van der Waals surface area contributed by atoms with Crippen LogP contribution >= 0.6 is 0 Å². The second-order valence-electron chi connectivity index (χ2n) is 8.12. The lowest BCUT2D eigenvalue weighted by atomic mass is 9.78. The Bertz CT molecular complexity index is 417. The number of likely N-dealkylation sites (tertiary alicyclic amines) is 2. The maximum absolute atomic E-state index is 12.9. The SMILES string of the molecule is CC(C)(C)N1CC(=O)C2CCCN(C(C)(C)C)C2C1=O. The monoisotopic (exact) mass is 280 g/mol. The summed E-state index contributed by atoms with van der Waals surface area (Å²) in [6.07, 6.45) is 1.87. The Kier molecular flexibility index (Phi) is 3.74. The fourth-order valence-corrected chi connectivity index (χ4v) is 3.47. The highest BCUT2D eigenvalue weighted by Crippen LogP contribution is 2.36. The van der Waals surface area contributed by atoms with Gasteiger partial charge < -0.3 is 4.90 Å². The first-order chi connectivity index (χ1) is 9.03. The smallest absolute Gasteiger partial charge is 0.241 e. The molecular weight excluding hydrogens is 252 g/mol. The average Bonchev–Trinajstić information content (AvgIpc) is 2.30. The van der Waals surface area contributed by atoms with E-state index in [9.17, 15) is 9.59 Å². The minimum absolute atomic E-state index is 0.0832. The van der Waals surface area contributed by atoms with Crippen LogP contribution in [0.4, 0.5) is 0 Å². The predicted octanol–water partition coefficient (Wildman–Crippen LogP) is 2.08. The lowest BCUT2D eigenvalue weighted by Gasteiger charge is -2.52. The molecule has 1 amide bonds. The molecule has 0 aromatic carbocycles. The largest absolute Gasteiger partial charge is 0.329 e. The molecule has 2 saturated heterocycles. The number of Topliss-reactive ketones (excluding diaryl/α,β-unsaturated/α-hetero) is 1. The Hall–Kier alpha value is -0.900. The van der Waals surface area contributed by atoms with Crippen LogP contribution in [0.5, 0.6) is 0 Å². The van der Waals surface area contributed by atoms with Gasteiger partial charge >= 0.3 is 0 Å². The number of ketones is 1. The van der Waals surface area contributed by atoms with E-state index in [0.29, 0.717) is 0 Å². The van der Waals surface area contributed by atoms with Gasteiger partial charge in [0.1, 0.15) is 0 Å². The Morgan fingerprint density at radius 3 is 2.10 bits per heavy atom. The number of amides is 1. The van der Waals surface area contributed by atoms with Crippen LogP contribution in [0, 0.1) is 5.92 Å². The maximum Gasteiger partial charge on any atom is 0.241 e. The molecule has 0 spiro atoms. The summed E-state index contributed by atoms with van der Waals surface area (Å²) in [7, 11) is 0. The summed E-state index contributed by atoms with van der Waals surface area (Å²) < 4.78 is 0. The number of piperidine rings is 2. The zero-order valence-corrected chi connectivity index (χ0v) is 13.7. The van der Waals surface area contributed by atoms with E-state index < -0.39 is 0 Å². The van der Waals surface area contributed by atoms with Gasteiger partial charge in [0, 0.05) is 17.0 Å². The first-order valence-corrected chi connectivity index (χ1v) is 7.64. The van der Waals surface area contributed by atoms with Crippen LogP contribution in [0.25, 0.3) is 0 Å². The summed E-state index contributed by atoms with van der Waals surface area (Å²) in [6.45, 7) is 13.6. The van der Waals surface area contributed by atoms with Crippen molar-refractivity contribution in [1.82, 2.24) is 9.80 Å². The van der Waals surface area contributed by atoms with Crippen LogP contribution in [0.2, 0.25) is 0 Å². The van der Waals surface area contributed by atoms with E-state index in [1.807, 2.05) is 20.8 Å². The molecule has 20 heavy (non-hydrogen) atoms. The Balaban J connectivity index is 2.37. The molecule has 0 aromatic rings. The highest BCUT2D eigenvalue weighted by atomic mass is 16.2. The Morgan fingerprint density at radius 2 is 1.60 bits per heavy atom. The van der Waals surface area contributed by atoms with Gasteiger partial charge in [-0.1, -0.05) is 0 Å². The molecule has 4 nitrogen and oxygen atoms in total. The van der Waals surface area contributed by atoms with Crippen LogP contribution < -0.4 is 0 Å². The first kappa shape index (κ1) is 15.5. The summed E-state index contributed by atoms with van der Waals surface area (Å²) in [5.41, 5.74) is -0.376. The van der Waals surface area contributed by atoms with Crippen molar-refractivity contribution in [3.05, 3.63) is 0 Å². The van der Waals surface area contributed by atoms with E-state index in [4.69, 9.17) is 0 Å². The summed E-state index contributed by atoms with van der Waals surface area (Å²) in [4.78, 5) is 29.4. The molecule has 0 aromatic heterocycles. The van der Waals surface area contributed by atoms with Gasteiger partial charge in [-0.05, 0) is 60.9 Å². The van der Waals surface area contributed by atoms with Crippen molar-refractivity contribution in [1.29, 1.82) is 0 Å². The predicted molar refractivity (Wildman–Crippen MR) is 79.4 cm³/mol. The van der Waals surface area contributed by atoms with Crippen LogP contribution in [-0.2, 0) is 9.59 Å². The molecule has 2 heterocycles. The fraction of sp³-hybridized carbons (Fsp3) is 0.875. The van der Waals surface area contributed by atoms with E-state index in [2.05, 4.69) is 25.7 Å². The summed E-state index contributed by atoms with van der Waals surface area (Å²) in [6, 6.07) is -0.260.